The quantitative estimate of drug-likeness (QED) is 0.205. The fraction of sp³-hybridized carbons (Fsp3) is 0.286. The molecule has 1 unspecified atom stereocenters. The maximum Gasteiger partial charge on any atom is 0.0716 e. The van der Waals surface area contributed by atoms with E-state index in [9.17, 15) is 0 Å². The average Bonchev–Trinajstić information content (AvgIpc) is 3.31. The second-order valence-electron chi connectivity index (χ2n) is 11.1. The van der Waals surface area contributed by atoms with Gasteiger partial charge in [0.1, 0.15) is 0 Å². The number of hydrogen-bond acceptors (Lipinski definition) is 0. The van der Waals surface area contributed by atoms with E-state index in [0.29, 0.717) is 0 Å². The molecule has 226 valence electrons. The minimum Gasteiger partial charge on any atom is -0.0999 e. The van der Waals surface area contributed by atoms with E-state index in [4.69, 9.17) is 11.6 Å². The van der Waals surface area contributed by atoms with E-state index >= 15 is 0 Å². The van der Waals surface area contributed by atoms with E-state index in [-0.39, 0.29) is 5.41 Å². The Labute approximate surface area is 274 Å². The van der Waals surface area contributed by atoms with Crippen LogP contribution in [-0.4, -0.2) is 7.85 Å². The fourth-order valence-corrected chi connectivity index (χ4v) is 6.94. The summed E-state index contributed by atoms with van der Waals surface area (Å²) in [4.78, 5) is 0. The van der Waals surface area contributed by atoms with Gasteiger partial charge in [-0.1, -0.05) is 170 Å². The smallest absolute Gasteiger partial charge is 0.0716 e. The number of allylic oxidation sites excluding steroid dienone is 5. The molecule has 0 saturated heterocycles. The lowest BCUT2D eigenvalue weighted by Crippen LogP contribution is -2.31. The summed E-state index contributed by atoms with van der Waals surface area (Å²) in [5.41, 5.74) is 13.4. The van der Waals surface area contributed by atoms with Crippen LogP contribution >= 0.6 is 11.6 Å². The molecule has 0 fully saturated rings. The molecule has 2 aliphatic rings. The van der Waals surface area contributed by atoms with Crippen molar-refractivity contribution in [3.05, 3.63) is 154 Å². The lowest BCUT2D eigenvalue weighted by Gasteiger charge is -2.36. The van der Waals surface area contributed by atoms with Crippen molar-refractivity contribution in [2.24, 2.45) is 0 Å². The molecule has 4 aromatic rings. The van der Waals surface area contributed by atoms with Gasteiger partial charge in [0.25, 0.3) is 0 Å². The Morgan fingerprint density at radius 3 is 1.98 bits per heavy atom. The monoisotopic (exact) mass is 598 g/mol. The number of fused-ring (bicyclic) bond motifs is 3. The number of benzene rings is 4. The summed E-state index contributed by atoms with van der Waals surface area (Å²) in [5.74, 6) is 0. The number of halogens is 1. The zero-order valence-corrected chi connectivity index (χ0v) is 28.9. The Bertz CT molecular complexity index is 1640. The first kappa shape index (κ1) is 34.9. The van der Waals surface area contributed by atoms with E-state index < -0.39 is 5.41 Å². The zero-order valence-electron chi connectivity index (χ0n) is 28.2. The van der Waals surface area contributed by atoms with Gasteiger partial charge in [0.15, 0.2) is 0 Å². The molecule has 2 aliphatic carbocycles. The Kier molecular flexibility index (Phi) is 11.9. The van der Waals surface area contributed by atoms with Gasteiger partial charge in [-0.25, -0.2) is 0 Å². The first-order chi connectivity index (χ1) is 21.3. The topological polar surface area (TPSA) is 0 Å². The first-order valence-electron chi connectivity index (χ1n) is 16.1. The second kappa shape index (κ2) is 15.0. The molecule has 0 aliphatic heterocycles. The van der Waals surface area contributed by atoms with Crippen LogP contribution in [0.4, 0.5) is 0 Å². The summed E-state index contributed by atoms with van der Waals surface area (Å²) >= 11 is 6.64. The van der Waals surface area contributed by atoms with E-state index in [2.05, 4.69) is 139 Å². The lowest BCUT2D eigenvalue weighted by molar-refractivity contribution is 0.625. The minimum absolute atomic E-state index is 0.169. The average molecular weight is 599 g/mol. The van der Waals surface area contributed by atoms with Crippen LogP contribution in [0, 0.1) is 6.92 Å². The molecule has 44 heavy (non-hydrogen) atoms. The molecule has 0 amide bonds. The zero-order chi connectivity index (χ0) is 32.7. The maximum absolute atomic E-state index is 6.64. The van der Waals surface area contributed by atoms with Crippen LogP contribution < -0.4 is 0 Å². The summed E-state index contributed by atoms with van der Waals surface area (Å²) in [5, 5.41) is 0.764. The molecule has 0 N–H and O–H groups in total. The molecular weight excluding hydrogens is 551 g/mol. The fourth-order valence-electron chi connectivity index (χ4n) is 6.76. The third-order valence-corrected chi connectivity index (χ3v) is 8.78. The minimum atomic E-state index is -0.476. The van der Waals surface area contributed by atoms with Crippen LogP contribution in [0.2, 0.25) is 11.8 Å². The van der Waals surface area contributed by atoms with E-state index in [1.807, 2.05) is 33.8 Å². The van der Waals surface area contributed by atoms with Crippen molar-refractivity contribution in [3.63, 3.8) is 0 Å². The van der Waals surface area contributed by atoms with E-state index in [1.165, 1.54) is 68.0 Å². The van der Waals surface area contributed by atoms with Gasteiger partial charge in [-0.3, -0.25) is 0 Å². The highest BCUT2D eigenvalue weighted by molar-refractivity contribution is 6.31. The molecule has 0 bridgehead atoms. The van der Waals surface area contributed by atoms with Crippen LogP contribution in [-0.2, 0) is 10.8 Å². The molecule has 0 heterocycles. The Morgan fingerprint density at radius 2 is 1.39 bits per heavy atom. The molecule has 0 spiro atoms. The van der Waals surface area contributed by atoms with Crippen LogP contribution in [0.25, 0.3) is 22.3 Å². The molecule has 2 heteroatoms. The van der Waals surface area contributed by atoms with Crippen molar-refractivity contribution in [1.82, 2.24) is 0 Å². The standard InChI is InChI=1S/C37H33Cl.2C2H6.CH3B/c1-6-11-29-22-27(7-2)37(28-16-14-26(15-17-28)25-12-9-8-10-13-25)33-19-18-30(38)23-31(33)32-20-24(3)21-34(35(32)37)36(29,4)5;3*1-2/h7-23H,2,6H2,1,3-5H3;2*1-2H3;1H3/b29-11-;;;. The van der Waals surface area contributed by atoms with Gasteiger partial charge in [0, 0.05) is 10.4 Å². The summed E-state index contributed by atoms with van der Waals surface area (Å²) in [6.07, 6.45) is 7.85. The third kappa shape index (κ3) is 5.80. The maximum atomic E-state index is 6.64. The van der Waals surface area contributed by atoms with Crippen molar-refractivity contribution in [1.29, 1.82) is 0 Å². The highest BCUT2D eigenvalue weighted by Crippen LogP contribution is 2.62. The van der Waals surface area contributed by atoms with Gasteiger partial charge in [0.05, 0.1) is 13.3 Å². The van der Waals surface area contributed by atoms with Crippen LogP contribution in [0.3, 0.4) is 0 Å². The summed E-state index contributed by atoms with van der Waals surface area (Å²) < 4.78 is 0. The molecule has 4 aromatic carbocycles. The SMILES string of the molecule is C=CC1=C/C(=C/CC)C(C)(C)c2cc(C)cc3c2C1(c1ccc(-c2ccccc2)cc1)c1ccc(Cl)cc1-3.CC.CC.[B]C. The van der Waals surface area contributed by atoms with Gasteiger partial charge in [-0.2, -0.15) is 0 Å². The Morgan fingerprint density at radius 1 is 0.773 bits per heavy atom. The number of hydrogen-bond donors (Lipinski definition) is 0. The predicted molar refractivity (Wildman–Crippen MR) is 197 cm³/mol. The predicted octanol–water partition coefficient (Wildman–Crippen LogP) is 12.6. The molecular formula is C42H48BCl. The van der Waals surface area contributed by atoms with Crippen molar-refractivity contribution in [2.75, 3.05) is 0 Å². The Hall–Kier alpha value is -3.55. The molecule has 1 atom stereocenters. The third-order valence-electron chi connectivity index (χ3n) is 8.54. The summed E-state index contributed by atoms with van der Waals surface area (Å²) in [7, 11) is 4.50. The van der Waals surface area contributed by atoms with E-state index in [0.717, 1.165) is 11.4 Å². The normalized spacial score (nSPS) is 17.6. The highest BCUT2D eigenvalue weighted by Gasteiger charge is 2.51. The number of aryl methyl sites for hydroxylation is 1. The van der Waals surface area contributed by atoms with Crippen molar-refractivity contribution >= 4 is 19.4 Å². The van der Waals surface area contributed by atoms with Crippen molar-refractivity contribution in [2.45, 2.75) is 79.5 Å². The van der Waals surface area contributed by atoms with Gasteiger partial charge >= 0.3 is 0 Å². The second-order valence-corrected chi connectivity index (χ2v) is 11.6. The lowest BCUT2D eigenvalue weighted by atomic mass is 9.65. The molecule has 0 nitrogen and oxygen atoms in total. The van der Waals surface area contributed by atoms with Crippen molar-refractivity contribution < 1.29 is 0 Å². The van der Waals surface area contributed by atoms with Crippen molar-refractivity contribution in [3.8, 4) is 22.3 Å². The van der Waals surface area contributed by atoms with Crippen LogP contribution in [0.15, 0.2) is 121 Å². The largest absolute Gasteiger partial charge is 0.0999 e. The van der Waals surface area contributed by atoms with Crippen LogP contribution in [0.1, 0.15) is 82.7 Å². The molecule has 0 aromatic heterocycles. The molecule has 0 saturated carbocycles. The van der Waals surface area contributed by atoms with Gasteiger partial charge in [-0.05, 0) is 81.1 Å². The van der Waals surface area contributed by atoms with Gasteiger partial charge < -0.3 is 0 Å². The van der Waals surface area contributed by atoms with Gasteiger partial charge in [-0.15, -0.1) is 0 Å². The Balaban J connectivity index is 0.000000832. The highest BCUT2D eigenvalue weighted by atomic mass is 35.5. The first-order valence-corrected chi connectivity index (χ1v) is 16.4. The van der Waals surface area contributed by atoms with E-state index in [1.54, 1.807) is 0 Å². The summed E-state index contributed by atoms with van der Waals surface area (Å²) in [6.45, 7) is 23.0. The van der Waals surface area contributed by atoms with Crippen LogP contribution in [0.5, 0.6) is 0 Å². The number of rotatable bonds is 4. The molecule has 6 rings (SSSR count). The molecule has 2 radical (unpaired) electrons. The summed E-state index contributed by atoms with van der Waals surface area (Å²) in [6, 6.07) is 30.9. The van der Waals surface area contributed by atoms with Gasteiger partial charge in [0.2, 0.25) is 0 Å².